The van der Waals surface area contributed by atoms with Crippen LogP contribution in [0, 0.1) is 0 Å². The van der Waals surface area contributed by atoms with Crippen molar-refractivity contribution in [1.82, 2.24) is 20.2 Å². The number of likely N-dealkylation sites (N-methyl/N-ethyl adjacent to an activating group) is 1. The normalized spacial score (nSPS) is 12.5. The number of carbonyl (C=O) groups is 2. The average molecular weight is 240 g/mol. The van der Waals surface area contributed by atoms with E-state index in [0.717, 1.165) is 0 Å². The molecule has 0 spiro atoms. The van der Waals surface area contributed by atoms with E-state index in [9.17, 15) is 9.59 Å². The highest BCUT2D eigenvalue weighted by atomic mass is 16.4. The van der Waals surface area contributed by atoms with E-state index in [1.807, 2.05) is 25.9 Å². The van der Waals surface area contributed by atoms with Gasteiger partial charge in [0.15, 0.2) is 11.4 Å². The van der Waals surface area contributed by atoms with Gasteiger partial charge in [0.1, 0.15) is 0 Å². The van der Waals surface area contributed by atoms with E-state index in [1.54, 1.807) is 0 Å². The number of nitrogens with one attached hydrogen (secondary N) is 2. The smallest absolute Gasteiger partial charge is 0.354 e. The number of amides is 1. The van der Waals surface area contributed by atoms with Crippen LogP contribution in [0.15, 0.2) is 6.33 Å². The molecular formula is C10H16N4O3. The highest BCUT2D eigenvalue weighted by Crippen LogP contribution is 2.02. The van der Waals surface area contributed by atoms with E-state index in [-0.39, 0.29) is 17.4 Å². The van der Waals surface area contributed by atoms with Crippen LogP contribution < -0.4 is 5.32 Å². The van der Waals surface area contributed by atoms with Crippen molar-refractivity contribution in [2.75, 3.05) is 20.6 Å². The molecule has 0 aliphatic carbocycles. The number of carboxylic acids is 1. The van der Waals surface area contributed by atoms with Crippen LogP contribution in [0.2, 0.25) is 0 Å². The second-order valence-electron chi connectivity index (χ2n) is 3.95. The number of aromatic nitrogens is 2. The van der Waals surface area contributed by atoms with Crippen LogP contribution >= 0.6 is 0 Å². The van der Waals surface area contributed by atoms with Crippen LogP contribution in [0.25, 0.3) is 0 Å². The van der Waals surface area contributed by atoms with E-state index >= 15 is 0 Å². The standard InChI is InChI=1S/C10H16N4O3/c1-6(14(2)3)4-11-9(15)7-8(10(16)17)13-5-12-7/h5-6H,4H2,1-3H3,(H,11,15)(H,12,13)(H,16,17). The Hall–Kier alpha value is -1.89. The lowest BCUT2D eigenvalue weighted by Gasteiger charge is -2.19. The molecule has 0 radical (unpaired) electrons. The minimum absolute atomic E-state index is 0.0940. The number of nitrogens with zero attached hydrogens (tertiary/aromatic N) is 2. The molecule has 0 saturated carbocycles. The third-order valence-corrected chi connectivity index (χ3v) is 2.51. The molecule has 1 amide bonds. The molecule has 1 heterocycles. The van der Waals surface area contributed by atoms with Crippen molar-refractivity contribution >= 4 is 11.9 Å². The third kappa shape index (κ3) is 3.28. The quantitative estimate of drug-likeness (QED) is 0.661. The number of carboxylic acid groups (broad SMARTS) is 1. The molecule has 3 N–H and O–H groups in total. The lowest BCUT2D eigenvalue weighted by Crippen LogP contribution is -2.38. The fourth-order valence-corrected chi connectivity index (χ4v) is 1.14. The summed E-state index contributed by atoms with van der Waals surface area (Å²) in [7, 11) is 3.79. The first-order valence-corrected chi connectivity index (χ1v) is 5.14. The van der Waals surface area contributed by atoms with Gasteiger partial charge >= 0.3 is 5.97 Å². The van der Waals surface area contributed by atoms with Gasteiger partial charge in [-0.3, -0.25) is 4.79 Å². The van der Waals surface area contributed by atoms with E-state index in [2.05, 4.69) is 15.3 Å². The first kappa shape index (κ1) is 13.2. The summed E-state index contributed by atoms with van der Waals surface area (Å²) in [6.07, 6.45) is 1.19. The second-order valence-corrected chi connectivity index (χ2v) is 3.95. The van der Waals surface area contributed by atoms with Gasteiger partial charge in [-0.15, -0.1) is 0 Å². The van der Waals surface area contributed by atoms with Crippen molar-refractivity contribution < 1.29 is 14.7 Å². The van der Waals surface area contributed by atoms with Crippen LogP contribution in [-0.2, 0) is 0 Å². The second kappa shape index (κ2) is 5.44. The van der Waals surface area contributed by atoms with E-state index in [0.29, 0.717) is 6.54 Å². The maximum absolute atomic E-state index is 11.7. The molecule has 1 rings (SSSR count). The molecule has 0 fully saturated rings. The van der Waals surface area contributed by atoms with E-state index in [4.69, 9.17) is 5.11 Å². The van der Waals surface area contributed by atoms with Crippen molar-refractivity contribution in [1.29, 1.82) is 0 Å². The maximum Gasteiger partial charge on any atom is 0.354 e. The number of aromatic carboxylic acids is 1. The Morgan fingerprint density at radius 3 is 2.76 bits per heavy atom. The molecule has 7 heteroatoms. The van der Waals surface area contributed by atoms with Gasteiger partial charge in [-0.1, -0.05) is 0 Å². The highest BCUT2D eigenvalue weighted by molar-refractivity contribution is 6.02. The van der Waals surface area contributed by atoms with Crippen molar-refractivity contribution in [3.63, 3.8) is 0 Å². The SMILES string of the molecule is CC(CNC(=O)c1nc[nH]c1C(=O)O)N(C)C. The molecule has 94 valence electrons. The van der Waals surface area contributed by atoms with Crippen LogP contribution in [0.3, 0.4) is 0 Å². The molecule has 1 unspecified atom stereocenters. The van der Waals surface area contributed by atoms with Crippen molar-refractivity contribution in [3.05, 3.63) is 17.7 Å². The molecule has 17 heavy (non-hydrogen) atoms. The maximum atomic E-state index is 11.7. The molecule has 0 aliphatic heterocycles. The Morgan fingerprint density at radius 1 is 1.59 bits per heavy atom. The summed E-state index contributed by atoms with van der Waals surface area (Å²) in [5.74, 6) is -1.69. The lowest BCUT2D eigenvalue weighted by atomic mass is 10.2. The first-order chi connectivity index (χ1) is 7.93. The Balaban J connectivity index is 2.64. The summed E-state index contributed by atoms with van der Waals surface area (Å²) in [5.41, 5.74) is -0.288. The minimum atomic E-state index is -1.20. The Kier molecular flexibility index (Phi) is 4.22. The summed E-state index contributed by atoms with van der Waals surface area (Å²) in [4.78, 5) is 30.5. The predicted octanol–water partition coefficient (Wildman–Crippen LogP) is -0.212. The molecule has 0 saturated heterocycles. The van der Waals surface area contributed by atoms with Gasteiger partial charge in [-0.2, -0.15) is 0 Å². The van der Waals surface area contributed by atoms with E-state index < -0.39 is 11.9 Å². The van der Waals surface area contributed by atoms with Gasteiger partial charge in [0, 0.05) is 12.6 Å². The summed E-state index contributed by atoms with van der Waals surface area (Å²) in [6, 6.07) is 0.158. The molecule has 1 atom stereocenters. The van der Waals surface area contributed by atoms with Crippen molar-refractivity contribution in [2.24, 2.45) is 0 Å². The summed E-state index contributed by atoms with van der Waals surface area (Å²) < 4.78 is 0. The number of hydrogen-bond donors (Lipinski definition) is 3. The fourth-order valence-electron chi connectivity index (χ4n) is 1.14. The monoisotopic (exact) mass is 240 g/mol. The Bertz CT molecular complexity index is 413. The number of rotatable bonds is 5. The number of imidazole rings is 1. The Labute approximate surface area is 98.8 Å². The largest absolute Gasteiger partial charge is 0.477 e. The van der Waals surface area contributed by atoms with Crippen LogP contribution in [0.1, 0.15) is 27.9 Å². The van der Waals surface area contributed by atoms with E-state index in [1.165, 1.54) is 6.33 Å². The summed E-state index contributed by atoms with van der Waals surface area (Å²) >= 11 is 0. The van der Waals surface area contributed by atoms with Crippen molar-refractivity contribution in [3.8, 4) is 0 Å². The van der Waals surface area contributed by atoms with Crippen LogP contribution in [0.5, 0.6) is 0 Å². The third-order valence-electron chi connectivity index (χ3n) is 2.51. The number of aromatic amines is 1. The van der Waals surface area contributed by atoms with Gasteiger partial charge in [-0.05, 0) is 21.0 Å². The van der Waals surface area contributed by atoms with Gasteiger partial charge in [-0.25, -0.2) is 9.78 Å². The van der Waals surface area contributed by atoms with Gasteiger partial charge in [0.2, 0.25) is 0 Å². The minimum Gasteiger partial charge on any atom is -0.477 e. The summed E-state index contributed by atoms with van der Waals surface area (Å²) in [6.45, 7) is 2.38. The molecule has 1 aromatic heterocycles. The molecule has 0 aliphatic rings. The zero-order chi connectivity index (χ0) is 13.0. The summed E-state index contributed by atoms with van der Waals surface area (Å²) in [5, 5.41) is 11.4. The number of hydrogen-bond acceptors (Lipinski definition) is 4. The van der Waals surface area contributed by atoms with Crippen molar-refractivity contribution in [2.45, 2.75) is 13.0 Å². The molecule has 7 nitrogen and oxygen atoms in total. The van der Waals surface area contributed by atoms with Gasteiger partial charge < -0.3 is 20.3 Å². The number of H-pyrrole nitrogens is 1. The molecular weight excluding hydrogens is 224 g/mol. The zero-order valence-electron chi connectivity index (χ0n) is 10.0. The average Bonchev–Trinajstić information content (AvgIpc) is 2.73. The topological polar surface area (TPSA) is 98.3 Å². The molecule has 0 aromatic carbocycles. The Morgan fingerprint density at radius 2 is 2.24 bits per heavy atom. The zero-order valence-corrected chi connectivity index (χ0v) is 10.0. The predicted molar refractivity (Wildman–Crippen MR) is 61.0 cm³/mol. The first-order valence-electron chi connectivity index (χ1n) is 5.14. The van der Waals surface area contributed by atoms with Crippen LogP contribution in [0.4, 0.5) is 0 Å². The van der Waals surface area contributed by atoms with Gasteiger partial charge in [0.05, 0.1) is 6.33 Å². The van der Waals surface area contributed by atoms with Gasteiger partial charge in [0.25, 0.3) is 5.91 Å². The lowest BCUT2D eigenvalue weighted by molar-refractivity contribution is 0.0684. The van der Waals surface area contributed by atoms with Crippen LogP contribution in [-0.4, -0.2) is 58.5 Å². The molecule has 0 bridgehead atoms. The molecule has 1 aromatic rings. The fraction of sp³-hybridized carbons (Fsp3) is 0.500. The highest BCUT2D eigenvalue weighted by Gasteiger charge is 2.19. The number of carbonyl (C=O) groups excluding carboxylic acids is 1.